The summed E-state index contributed by atoms with van der Waals surface area (Å²) in [5.74, 6) is 0.885. The molecule has 4 heteroatoms. The van der Waals surface area contributed by atoms with Crippen molar-refractivity contribution in [1.82, 2.24) is 19.1 Å². The summed E-state index contributed by atoms with van der Waals surface area (Å²) in [7, 11) is 0. The van der Waals surface area contributed by atoms with E-state index in [1.807, 2.05) is 0 Å². The van der Waals surface area contributed by atoms with Gasteiger partial charge in [-0.2, -0.15) is 0 Å². The second-order valence-corrected chi connectivity index (χ2v) is 14.8. The van der Waals surface area contributed by atoms with Gasteiger partial charge in [0, 0.05) is 32.8 Å². The van der Waals surface area contributed by atoms with Gasteiger partial charge >= 0.3 is 0 Å². The van der Waals surface area contributed by atoms with E-state index in [1.165, 1.54) is 38.2 Å². The monoisotopic (exact) mass is 612 g/mol. The van der Waals surface area contributed by atoms with Gasteiger partial charge in [0.05, 0.1) is 16.7 Å². The largest absolute Gasteiger partial charge is 0.294 e. The van der Waals surface area contributed by atoms with Gasteiger partial charge in [0.1, 0.15) is 17.1 Å². The van der Waals surface area contributed by atoms with Crippen LogP contribution in [-0.2, 0) is 10.8 Å². The highest BCUT2D eigenvalue weighted by Gasteiger charge is 2.30. The Morgan fingerprint density at radius 1 is 0.532 bits per heavy atom. The Labute approximate surface area is 276 Å². The molecule has 0 aliphatic carbocycles. The molecule has 8 rings (SSSR count). The molecule has 0 amide bonds. The lowest BCUT2D eigenvalue weighted by atomic mass is 9.82. The summed E-state index contributed by atoms with van der Waals surface area (Å²) in [4.78, 5) is 11.1. The van der Waals surface area contributed by atoms with Crippen LogP contribution >= 0.6 is 0 Å². The highest BCUT2D eigenvalue weighted by Crippen LogP contribution is 2.45. The smallest absolute Gasteiger partial charge is 0.149 e. The minimum Gasteiger partial charge on any atom is -0.294 e. The molecule has 0 unspecified atom stereocenters. The first-order chi connectivity index (χ1) is 22.5. The molecule has 0 aliphatic heterocycles. The topological polar surface area (TPSA) is 35.6 Å². The fourth-order valence-corrected chi connectivity index (χ4v) is 7.27. The van der Waals surface area contributed by atoms with Gasteiger partial charge in [0.25, 0.3) is 0 Å². The predicted molar refractivity (Wildman–Crippen MR) is 198 cm³/mol. The van der Waals surface area contributed by atoms with Crippen LogP contribution < -0.4 is 0 Å². The summed E-state index contributed by atoms with van der Waals surface area (Å²) in [6.07, 6.45) is 0. The second-order valence-electron chi connectivity index (χ2n) is 14.8. The number of para-hydroxylation sites is 3. The van der Waals surface area contributed by atoms with Crippen LogP contribution in [-0.4, -0.2) is 19.1 Å². The lowest BCUT2D eigenvalue weighted by molar-refractivity contribution is 0.589. The van der Waals surface area contributed by atoms with Crippen molar-refractivity contribution in [2.45, 2.75) is 59.3 Å². The highest BCUT2D eigenvalue weighted by atomic mass is 15.1. The summed E-state index contributed by atoms with van der Waals surface area (Å²) in [5, 5.41) is 4.82. The van der Waals surface area contributed by atoms with Gasteiger partial charge in [0.2, 0.25) is 0 Å². The third kappa shape index (κ3) is 4.58. The van der Waals surface area contributed by atoms with Crippen LogP contribution in [0.15, 0.2) is 115 Å². The fourth-order valence-electron chi connectivity index (χ4n) is 7.27. The van der Waals surface area contributed by atoms with Gasteiger partial charge in [-0.25, -0.2) is 9.97 Å². The maximum absolute atomic E-state index is 5.68. The minimum atomic E-state index is -0.174. The number of hydrogen-bond acceptors (Lipinski definition) is 2. The van der Waals surface area contributed by atoms with Gasteiger partial charge < -0.3 is 0 Å². The van der Waals surface area contributed by atoms with Crippen molar-refractivity contribution in [3.05, 3.63) is 132 Å². The van der Waals surface area contributed by atoms with E-state index in [2.05, 4.69) is 173 Å². The first-order valence-electron chi connectivity index (χ1n) is 16.5. The molecule has 0 saturated carbocycles. The molecule has 47 heavy (non-hydrogen) atoms. The molecule has 4 heterocycles. The molecule has 0 fully saturated rings. The molecule has 0 N–H and O–H groups in total. The van der Waals surface area contributed by atoms with Gasteiger partial charge in [-0.3, -0.25) is 9.13 Å². The van der Waals surface area contributed by atoms with Crippen molar-refractivity contribution >= 4 is 43.9 Å². The SMILES string of the molecule is Cc1ccccc1-c1cc(C(C)(C)C)cc(-n2c3ccccc3c3c(C(C)(C)C)c4c5ccccc5n(-c5ccccc5)c4nc32)n1. The summed E-state index contributed by atoms with van der Waals surface area (Å²) in [6.45, 7) is 16.0. The average molecular weight is 613 g/mol. The molecule has 0 atom stereocenters. The molecular weight excluding hydrogens is 573 g/mol. The summed E-state index contributed by atoms with van der Waals surface area (Å²) >= 11 is 0. The Hall–Kier alpha value is -5.22. The van der Waals surface area contributed by atoms with E-state index < -0.39 is 0 Å². The minimum absolute atomic E-state index is 0.0785. The highest BCUT2D eigenvalue weighted by molar-refractivity contribution is 6.20. The Morgan fingerprint density at radius 3 is 1.70 bits per heavy atom. The van der Waals surface area contributed by atoms with Crippen LogP contribution in [0.3, 0.4) is 0 Å². The van der Waals surface area contributed by atoms with E-state index in [9.17, 15) is 0 Å². The van der Waals surface area contributed by atoms with Gasteiger partial charge in [-0.1, -0.05) is 120 Å². The van der Waals surface area contributed by atoms with Crippen molar-refractivity contribution in [3.8, 4) is 22.8 Å². The molecule has 4 aromatic carbocycles. The number of benzene rings is 4. The first kappa shape index (κ1) is 29.2. The van der Waals surface area contributed by atoms with E-state index in [1.54, 1.807) is 0 Å². The molecule has 4 aromatic heterocycles. The lowest BCUT2D eigenvalue weighted by Gasteiger charge is -2.23. The number of fused-ring (bicyclic) bond motifs is 6. The van der Waals surface area contributed by atoms with Crippen molar-refractivity contribution in [3.63, 3.8) is 0 Å². The number of rotatable bonds is 3. The predicted octanol–water partition coefficient (Wildman–Crippen LogP) is 11.2. The van der Waals surface area contributed by atoms with E-state index in [0.29, 0.717) is 0 Å². The van der Waals surface area contributed by atoms with Crippen LogP contribution in [0.4, 0.5) is 0 Å². The maximum atomic E-state index is 5.68. The van der Waals surface area contributed by atoms with Crippen molar-refractivity contribution < 1.29 is 0 Å². The fraction of sp³-hybridized carbons (Fsp3) is 0.209. The molecule has 0 aliphatic rings. The molecule has 0 spiro atoms. The van der Waals surface area contributed by atoms with Crippen molar-refractivity contribution in [2.75, 3.05) is 0 Å². The average Bonchev–Trinajstić information content (AvgIpc) is 3.55. The summed E-state index contributed by atoms with van der Waals surface area (Å²) in [6, 6.07) is 41.2. The van der Waals surface area contributed by atoms with Crippen molar-refractivity contribution in [1.29, 1.82) is 0 Å². The quantitative estimate of drug-likeness (QED) is 0.199. The lowest BCUT2D eigenvalue weighted by Crippen LogP contribution is -2.14. The zero-order valence-corrected chi connectivity index (χ0v) is 28.3. The van der Waals surface area contributed by atoms with Crippen LogP contribution in [0, 0.1) is 6.92 Å². The van der Waals surface area contributed by atoms with E-state index in [-0.39, 0.29) is 10.8 Å². The molecule has 4 nitrogen and oxygen atoms in total. The number of nitrogens with zero attached hydrogens (tertiary/aromatic N) is 4. The Bertz CT molecular complexity index is 2480. The van der Waals surface area contributed by atoms with E-state index in [4.69, 9.17) is 9.97 Å². The number of aromatic nitrogens is 4. The Kier molecular flexibility index (Phi) is 6.46. The van der Waals surface area contributed by atoms with Crippen molar-refractivity contribution in [2.24, 2.45) is 0 Å². The number of hydrogen-bond donors (Lipinski definition) is 0. The standard InChI is InChI=1S/C43H40N4/c1-27-17-11-12-20-30(27)33-25-28(42(2,3)4)26-36(44-33)47-35-24-16-14-22-32(35)38-39(43(5,6)7)37-31-21-13-15-23-34(31)46(40(37)45-41(38)47)29-18-9-8-10-19-29/h8-26H,1-7H3. The number of aryl methyl sites for hydroxylation is 1. The van der Waals surface area contributed by atoms with Gasteiger partial charge in [-0.15, -0.1) is 0 Å². The third-order valence-corrected chi connectivity index (χ3v) is 9.50. The number of pyridine rings is 2. The molecular formula is C43H40N4. The zero-order chi connectivity index (χ0) is 32.7. The van der Waals surface area contributed by atoms with Crippen LogP contribution in [0.25, 0.3) is 66.6 Å². The second kappa shape index (κ2) is 10.4. The third-order valence-electron chi connectivity index (χ3n) is 9.50. The zero-order valence-electron chi connectivity index (χ0n) is 28.3. The summed E-state index contributed by atoms with van der Waals surface area (Å²) in [5.41, 5.74) is 10.9. The van der Waals surface area contributed by atoms with Crippen LogP contribution in [0.2, 0.25) is 0 Å². The normalized spacial score (nSPS) is 12.6. The first-order valence-corrected chi connectivity index (χ1v) is 16.5. The molecule has 8 aromatic rings. The molecule has 232 valence electrons. The summed E-state index contributed by atoms with van der Waals surface area (Å²) < 4.78 is 4.64. The maximum Gasteiger partial charge on any atom is 0.149 e. The molecule has 0 radical (unpaired) electrons. The molecule has 0 bridgehead atoms. The molecule has 0 saturated heterocycles. The van der Waals surface area contributed by atoms with E-state index >= 15 is 0 Å². The van der Waals surface area contributed by atoms with Gasteiger partial charge in [0.15, 0.2) is 0 Å². The van der Waals surface area contributed by atoms with Gasteiger partial charge in [-0.05, 0) is 70.8 Å². The van der Waals surface area contributed by atoms with Crippen LogP contribution in [0.5, 0.6) is 0 Å². The van der Waals surface area contributed by atoms with E-state index in [0.717, 1.165) is 45.1 Å². The Morgan fingerprint density at radius 2 is 1.09 bits per heavy atom. The van der Waals surface area contributed by atoms with Crippen LogP contribution in [0.1, 0.15) is 58.2 Å². The Balaban J connectivity index is 1.60.